The van der Waals surface area contributed by atoms with Gasteiger partial charge in [-0.15, -0.1) is 0 Å². The molecule has 0 aromatic heterocycles. The Morgan fingerprint density at radius 2 is 2.05 bits per heavy atom. The summed E-state index contributed by atoms with van der Waals surface area (Å²) in [6.07, 6.45) is 3.62. The van der Waals surface area contributed by atoms with Gasteiger partial charge in [0.05, 0.1) is 5.56 Å². The van der Waals surface area contributed by atoms with Crippen LogP contribution in [0.1, 0.15) is 29.6 Å². The maximum Gasteiger partial charge on any atom is 0.252 e. The Bertz CT molecular complexity index is 428. The van der Waals surface area contributed by atoms with Crippen molar-refractivity contribution >= 4 is 28.5 Å². The van der Waals surface area contributed by atoms with E-state index in [1.807, 2.05) is 24.3 Å². The van der Waals surface area contributed by atoms with Crippen LogP contribution in [0.5, 0.6) is 0 Å². The third-order valence-electron chi connectivity index (χ3n) is 3.79. The smallest absolute Gasteiger partial charge is 0.252 e. The van der Waals surface area contributed by atoms with Gasteiger partial charge in [-0.05, 0) is 80.0 Å². The van der Waals surface area contributed by atoms with Gasteiger partial charge >= 0.3 is 0 Å². The van der Waals surface area contributed by atoms with E-state index in [2.05, 4.69) is 39.9 Å². The molecule has 1 heterocycles. The molecule has 104 valence electrons. The number of nitrogens with one attached hydrogen (secondary N) is 1. The first-order valence-corrected chi connectivity index (χ1v) is 7.96. The normalized spacial score (nSPS) is 17.4. The Hall–Kier alpha value is -0.620. The Morgan fingerprint density at radius 1 is 1.37 bits per heavy atom. The third-order valence-corrected chi connectivity index (χ3v) is 4.74. The van der Waals surface area contributed by atoms with Gasteiger partial charge in [0.25, 0.3) is 5.91 Å². The van der Waals surface area contributed by atoms with Gasteiger partial charge in [0.1, 0.15) is 0 Å². The SMILES string of the molecule is CN1CCC(CCNC(=O)c2ccccc2I)CC1. The summed E-state index contributed by atoms with van der Waals surface area (Å²) < 4.78 is 1.01. The molecular weight excluding hydrogens is 351 g/mol. The number of hydrogen-bond donors (Lipinski definition) is 1. The van der Waals surface area contributed by atoms with Gasteiger partial charge in [-0.25, -0.2) is 0 Å². The number of carbonyl (C=O) groups excluding carboxylic acids is 1. The van der Waals surface area contributed by atoms with E-state index in [4.69, 9.17) is 0 Å². The molecule has 0 radical (unpaired) electrons. The number of likely N-dealkylation sites (tertiary alicyclic amines) is 1. The van der Waals surface area contributed by atoms with Gasteiger partial charge in [-0.1, -0.05) is 12.1 Å². The molecule has 1 amide bonds. The highest BCUT2D eigenvalue weighted by Crippen LogP contribution is 2.19. The topological polar surface area (TPSA) is 32.3 Å². The number of piperidine rings is 1. The molecule has 1 fully saturated rings. The van der Waals surface area contributed by atoms with E-state index >= 15 is 0 Å². The number of carbonyl (C=O) groups is 1. The van der Waals surface area contributed by atoms with Crippen molar-refractivity contribution in [2.45, 2.75) is 19.3 Å². The molecule has 1 aliphatic rings. The molecule has 0 spiro atoms. The van der Waals surface area contributed by atoms with Gasteiger partial charge < -0.3 is 10.2 Å². The molecule has 1 aromatic carbocycles. The summed E-state index contributed by atoms with van der Waals surface area (Å²) >= 11 is 2.21. The molecule has 0 atom stereocenters. The van der Waals surface area contributed by atoms with Crippen LogP contribution in [0, 0.1) is 9.49 Å². The van der Waals surface area contributed by atoms with Crippen LogP contribution in [0.15, 0.2) is 24.3 Å². The van der Waals surface area contributed by atoms with Crippen molar-refractivity contribution in [3.8, 4) is 0 Å². The van der Waals surface area contributed by atoms with E-state index in [0.717, 1.165) is 28.0 Å². The summed E-state index contributed by atoms with van der Waals surface area (Å²) in [7, 11) is 2.18. The monoisotopic (exact) mass is 372 g/mol. The minimum absolute atomic E-state index is 0.0536. The first kappa shape index (κ1) is 14.8. The minimum Gasteiger partial charge on any atom is -0.352 e. The van der Waals surface area contributed by atoms with Crippen LogP contribution in [0.3, 0.4) is 0 Å². The quantitative estimate of drug-likeness (QED) is 0.825. The molecule has 2 rings (SSSR count). The molecule has 1 N–H and O–H groups in total. The zero-order valence-corrected chi connectivity index (χ0v) is 13.5. The summed E-state index contributed by atoms with van der Waals surface area (Å²) in [5.41, 5.74) is 0.784. The number of hydrogen-bond acceptors (Lipinski definition) is 2. The van der Waals surface area contributed by atoms with Crippen LogP contribution < -0.4 is 5.32 Å². The second-order valence-electron chi connectivity index (χ2n) is 5.27. The Labute approximate surface area is 128 Å². The Balaban J connectivity index is 1.74. The Kier molecular flexibility index (Phi) is 5.63. The fraction of sp³-hybridized carbons (Fsp3) is 0.533. The highest BCUT2D eigenvalue weighted by molar-refractivity contribution is 14.1. The van der Waals surface area contributed by atoms with Crippen molar-refractivity contribution < 1.29 is 4.79 Å². The molecule has 0 aliphatic carbocycles. The van der Waals surface area contributed by atoms with E-state index in [-0.39, 0.29) is 5.91 Å². The predicted molar refractivity (Wildman–Crippen MR) is 86.3 cm³/mol. The fourth-order valence-electron chi connectivity index (χ4n) is 2.48. The van der Waals surface area contributed by atoms with Gasteiger partial charge in [-0.3, -0.25) is 4.79 Å². The maximum atomic E-state index is 12.0. The number of rotatable bonds is 4. The van der Waals surface area contributed by atoms with Crippen molar-refractivity contribution in [1.29, 1.82) is 0 Å². The highest BCUT2D eigenvalue weighted by atomic mass is 127. The van der Waals surface area contributed by atoms with Gasteiger partial charge in [0, 0.05) is 10.1 Å². The molecule has 4 heteroatoms. The molecule has 19 heavy (non-hydrogen) atoms. The molecular formula is C15H21IN2O. The summed E-state index contributed by atoms with van der Waals surface area (Å²) in [5.74, 6) is 0.823. The zero-order chi connectivity index (χ0) is 13.7. The van der Waals surface area contributed by atoms with Crippen LogP contribution in [0.4, 0.5) is 0 Å². The number of benzene rings is 1. The number of amides is 1. The summed E-state index contributed by atoms with van der Waals surface area (Å²) in [6, 6.07) is 7.71. The first-order valence-electron chi connectivity index (χ1n) is 6.88. The largest absolute Gasteiger partial charge is 0.352 e. The standard InChI is InChI=1S/C15H21IN2O/c1-18-10-7-12(8-11-18)6-9-17-15(19)13-4-2-3-5-14(13)16/h2-5,12H,6-11H2,1H3,(H,17,19). The van der Waals surface area contributed by atoms with Gasteiger partial charge in [-0.2, -0.15) is 0 Å². The molecule has 0 saturated carbocycles. The summed E-state index contributed by atoms with van der Waals surface area (Å²) in [4.78, 5) is 14.4. The average Bonchev–Trinajstić information content (AvgIpc) is 2.41. The van der Waals surface area contributed by atoms with Gasteiger partial charge in [0.2, 0.25) is 0 Å². The van der Waals surface area contributed by atoms with Crippen LogP contribution in [-0.2, 0) is 0 Å². The highest BCUT2D eigenvalue weighted by Gasteiger charge is 2.16. The summed E-state index contributed by atoms with van der Waals surface area (Å²) in [6.45, 7) is 3.17. The molecule has 1 aromatic rings. The lowest BCUT2D eigenvalue weighted by Gasteiger charge is -2.28. The number of halogens is 1. The second kappa shape index (κ2) is 7.24. The molecule has 0 unspecified atom stereocenters. The lowest BCUT2D eigenvalue weighted by Crippen LogP contribution is -2.32. The average molecular weight is 372 g/mol. The van der Waals surface area contributed by atoms with Crippen LogP contribution in [0.25, 0.3) is 0 Å². The Morgan fingerprint density at radius 3 is 2.74 bits per heavy atom. The molecule has 0 bridgehead atoms. The van der Waals surface area contributed by atoms with Crippen molar-refractivity contribution in [3.05, 3.63) is 33.4 Å². The van der Waals surface area contributed by atoms with E-state index in [9.17, 15) is 4.79 Å². The van der Waals surface area contributed by atoms with E-state index < -0.39 is 0 Å². The van der Waals surface area contributed by atoms with Crippen LogP contribution in [-0.4, -0.2) is 37.5 Å². The van der Waals surface area contributed by atoms with E-state index in [1.165, 1.54) is 25.9 Å². The van der Waals surface area contributed by atoms with Crippen molar-refractivity contribution in [2.24, 2.45) is 5.92 Å². The fourth-order valence-corrected chi connectivity index (χ4v) is 3.11. The molecule has 1 saturated heterocycles. The maximum absolute atomic E-state index is 12.0. The second-order valence-corrected chi connectivity index (χ2v) is 6.43. The molecule has 3 nitrogen and oxygen atoms in total. The third kappa shape index (κ3) is 4.45. The van der Waals surface area contributed by atoms with E-state index in [1.54, 1.807) is 0 Å². The van der Waals surface area contributed by atoms with Crippen molar-refractivity contribution in [3.63, 3.8) is 0 Å². The predicted octanol–water partition coefficient (Wildman–Crippen LogP) is 2.75. The van der Waals surface area contributed by atoms with Crippen molar-refractivity contribution in [1.82, 2.24) is 10.2 Å². The first-order chi connectivity index (χ1) is 9.16. The lowest BCUT2D eigenvalue weighted by atomic mass is 9.94. The number of nitrogens with zero attached hydrogens (tertiary/aromatic N) is 1. The summed E-state index contributed by atoms with van der Waals surface area (Å²) in [5, 5.41) is 3.04. The zero-order valence-electron chi connectivity index (χ0n) is 11.4. The van der Waals surface area contributed by atoms with Crippen LogP contribution >= 0.6 is 22.6 Å². The minimum atomic E-state index is 0.0536. The lowest BCUT2D eigenvalue weighted by molar-refractivity contribution is 0.0948. The van der Waals surface area contributed by atoms with Crippen LogP contribution in [0.2, 0.25) is 0 Å². The van der Waals surface area contributed by atoms with Crippen molar-refractivity contribution in [2.75, 3.05) is 26.7 Å². The van der Waals surface area contributed by atoms with Gasteiger partial charge in [0.15, 0.2) is 0 Å². The van der Waals surface area contributed by atoms with E-state index in [0.29, 0.717) is 0 Å². The molecule has 1 aliphatic heterocycles.